The Labute approximate surface area is 85.7 Å². The molecule has 3 aliphatic rings. The van der Waals surface area contributed by atoms with E-state index >= 15 is 0 Å². The van der Waals surface area contributed by atoms with Crippen LogP contribution in [0.3, 0.4) is 0 Å². The molecular weight excluding hydrogens is 174 g/mol. The summed E-state index contributed by atoms with van der Waals surface area (Å²) in [6.45, 7) is 4.29. The molecule has 3 atom stereocenters. The van der Waals surface area contributed by atoms with Crippen molar-refractivity contribution in [1.29, 1.82) is 0 Å². The molecule has 1 aliphatic heterocycles. The molecule has 1 heterocycles. The number of carbonyl (C=O) groups excluding carboxylic acids is 1. The minimum atomic E-state index is 0.0255. The van der Waals surface area contributed by atoms with Crippen LogP contribution in [0.5, 0.6) is 0 Å². The van der Waals surface area contributed by atoms with Gasteiger partial charge in [0.2, 0.25) is 0 Å². The highest BCUT2D eigenvalue weighted by Gasteiger charge is 2.59. The first-order valence-electron chi connectivity index (χ1n) is 6.05. The summed E-state index contributed by atoms with van der Waals surface area (Å²) in [4.78, 5) is 14.6. The van der Waals surface area contributed by atoms with Crippen LogP contribution in [-0.4, -0.2) is 29.3 Å². The van der Waals surface area contributed by atoms with Gasteiger partial charge in [-0.3, -0.25) is 9.69 Å². The lowest BCUT2D eigenvalue weighted by atomic mass is 9.78. The zero-order valence-corrected chi connectivity index (χ0v) is 8.96. The van der Waals surface area contributed by atoms with Gasteiger partial charge in [-0.25, -0.2) is 0 Å². The quantitative estimate of drug-likeness (QED) is 0.633. The summed E-state index contributed by atoms with van der Waals surface area (Å²) in [5.74, 6) is 2.14. The monoisotopic (exact) mass is 193 g/mol. The minimum Gasteiger partial charge on any atom is -0.298 e. The fraction of sp³-hybridized carbons (Fsp3) is 0.917. The Morgan fingerprint density at radius 3 is 2.93 bits per heavy atom. The molecule has 2 saturated carbocycles. The molecule has 78 valence electrons. The van der Waals surface area contributed by atoms with Crippen molar-refractivity contribution in [2.24, 2.45) is 11.8 Å². The Hall–Kier alpha value is -0.370. The molecule has 14 heavy (non-hydrogen) atoms. The highest BCUT2D eigenvalue weighted by molar-refractivity contribution is 5.91. The summed E-state index contributed by atoms with van der Waals surface area (Å²) in [5, 5.41) is 0. The van der Waals surface area contributed by atoms with Gasteiger partial charge < -0.3 is 0 Å². The van der Waals surface area contributed by atoms with E-state index in [4.69, 9.17) is 0 Å². The second-order valence-electron chi connectivity index (χ2n) is 5.26. The molecule has 3 unspecified atom stereocenters. The molecule has 1 spiro atoms. The van der Waals surface area contributed by atoms with Gasteiger partial charge in [-0.05, 0) is 37.6 Å². The second kappa shape index (κ2) is 2.82. The molecule has 2 nitrogen and oxygen atoms in total. The number of carbonyl (C=O) groups is 1. The van der Waals surface area contributed by atoms with Crippen molar-refractivity contribution >= 4 is 5.78 Å². The molecule has 0 radical (unpaired) electrons. The summed E-state index contributed by atoms with van der Waals surface area (Å²) in [6, 6.07) is 0. The number of Topliss-reactive ketones (excluding diaryl/α,β-unsaturated/α-hetero) is 1. The predicted molar refractivity (Wildman–Crippen MR) is 55.1 cm³/mol. The lowest BCUT2D eigenvalue weighted by molar-refractivity contribution is -0.127. The molecule has 0 amide bonds. The van der Waals surface area contributed by atoms with Crippen molar-refractivity contribution in [2.75, 3.05) is 13.1 Å². The molecule has 0 aromatic heterocycles. The van der Waals surface area contributed by atoms with Crippen LogP contribution in [-0.2, 0) is 4.79 Å². The topological polar surface area (TPSA) is 20.3 Å². The van der Waals surface area contributed by atoms with Crippen molar-refractivity contribution in [1.82, 2.24) is 4.90 Å². The van der Waals surface area contributed by atoms with Gasteiger partial charge in [0, 0.05) is 13.0 Å². The maximum Gasteiger partial charge on any atom is 0.154 e. The fourth-order valence-electron chi connectivity index (χ4n) is 4.30. The Bertz CT molecular complexity index is 271. The van der Waals surface area contributed by atoms with Gasteiger partial charge in [-0.1, -0.05) is 13.3 Å². The van der Waals surface area contributed by atoms with E-state index in [1.54, 1.807) is 0 Å². The summed E-state index contributed by atoms with van der Waals surface area (Å²) in [6.07, 6.45) is 6.04. The van der Waals surface area contributed by atoms with Crippen LogP contribution < -0.4 is 0 Å². The van der Waals surface area contributed by atoms with Crippen LogP contribution >= 0.6 is 0 Å². The zero-order valence-electron chi connectivity index (χ0n) is 8.96. The largest absolute Gasteiger partial charge is 0.298 e. The predicted octanol–water partition coefficient (Wildman–Crippen LogP) is 1.84. The number of fused-ring (bicyclic) bond motifs is 3. The molecule has 2 aliphatic carbocycles. The van der Waals surface area contributed by atoms with E-state index in [9.17, 15) is 4.79 Å². The van der Waals surface area contributed by atoms with E-state index in [1.807, 2.05) is 0 Å². The molecule has 0 aromatic carbocycles. The van der Waals surface area contributed by atoms with Gasteiger partial charge in [0.05, 0.1) is 5.54 Å². The summed E-state index contributed by atoms with van der Waals surface area (Å²) < 4.78 is 0. The summed E-state index contributed by atoms with van der Waals surface area (Å²) in [7, 11) is 0. The van der Waals surface area contributed by atoms with Crippen LogP contribution in [0.25, 0.3) is 0 Å². The number of nitrogens with zero attached hydrogens (tertiary/aromatic N) is 1. The Morgan fingerprint density at radius 2 is 2.36 bits per heavy atom. The number of hydrogen-bond acceptors (Lipinski definition) is 2. The van der Waals surface area contributed by atoms with Gasteiger partial charge in [-0.2, -0.15) is 0 Å². The number of rotatable bonds is 1. The fourth-order valence-corrected chi connectivity index (χ4v) is 4.30. The number of hydrogen-bond donors (Lipinski definition) is 0. The smallest absolute Gasteiger partial charge is 0.154 e. The van der Waals surface area contributed by atoms with Gasteiger partial charge in [-0.15, -0.1) is 0 Å². The van der Waals surface area contributed by atoms with Crippen LogP contribution in [0.1, 0.15) is 39.0 Å². The Balaban J connectivity index is 1.97. The van der Waals surface area contributed by atoms with Gasteiger partial charge in [0.25, 0.3) is 0 Å². The van der Waals surface area contributed by atoms with E-state index in [0.29, 0.717) is 11.7 Å². The standard InChI is InChI=1S/C12H19NO/c1-2-13-6-5-11(14)12(13)8-9-3-4-10(12)7-9/h9-10H,2-8H2,1H3. The van der Waals surface area contributed by atoms with Crippen LogP contribution in [0.2, 0.25) is 0 Å². The zero-order chi connectivity index (χ0) is 9.76. The third-order valence-corrected chi connectivity index (χ3v) is 4.85. The molecule has 3 fully saturated rings. The van der Waals surface area contributed by atoms with E-state index in [2.05, 4.69) is 11.8 Å². The molecule has 1 saturated heterocycles. The summed E-state index contributed by atoms with van der Waals surface area (Å²) >= 11 is 0. The lowest BCUT2D eigenvalue weighted by Crippen LogP contribution is -2.52. The number of ketones is 1. The highest BCUT2D eigenvalue weighted by Crippen LogP contribution is 2.55. The molecule has 0 N–H and O–H groups in total. The average molecular weight is 193 g/mol. The van der Waals surface area contributed by atoms with Crippen LogP contribution in [0.15, 0.2) is 0 Å². The third-order valence-electron chi connectivity index (χ3n) is 4.85. The third kappa shape index (κ3) is 0.881. The van der Waals surface area contributed by atoms with Gasteiger partial charge >= 0.3 is 0 Å². The number of likely N-dealkylation sites (N-methyl/N-ethyl adjacent to an activating group) is 1. The van der Waals surface area contributed by atoms with Crippen molar-refractivity contribution in [3.63, 3.8) is 0 Å². The normalized spacial score (nSPS) is 47.1. The van der Waals surface area contributed by atoms with Crippen molar-refractivity contribution in [2.45, 2.75) is 44.6 Å². The van der Waals surface area contributed by atoms with E-state index in [-0.39, 0.29) is 5.54 Å². The van der Waals surface area contributed by atoms with Crippen LogP contribution in [0.4, 0.5) is 0 Å². The first kappa shape index (κ1) is 8.90. The maximum atomic E-state index is 12.1. The van der Waals surface area contributed by atoms with Crippen molar-refractivity contribution in [3.05, 3.63) is 0 Å². The first-order valence-corrected chi connectivity index (χ1v) is 6.05. The van der Waals surface area contributed by atoms with Crippen molar-refractivity contribution < 1.29 is 4.79 Å². The molecule has 2 bridgehead atoms. The average Bonchev–Trinajstić information content (AvgIpc) is 2.84. The second-order valence-corrected chi connectivity index (χ2v) is 5.26. The minimum absolute atomic E-state index is 0.0255. The molecule has 0 aromatic rings. The number of likely N-dealkylation sites (tertiary alicyclic amines) is 1. The molecule has 3 rings (SSSR count). The van der Waals surface area contributed by atoms with Crippen LogP contribution in [0, 0.1) is 11.8 Å². The maximum absolute atomic E-state index is 12.1. The SMILES string of the molecule is CCN1CCC(=O)C12CC1CCC2C1. The van der Waals surface area contributed by atoms with Gasteiger partial charge in [0.1, 0.15) is 0 Å². The summed E-state index contributed by atoms with van der Waals surface area (Å²) in [5.41, 5.74) is 0.0255. The lowest BCUT2D eigenvalue weighted by Gasteiger charge is -2.40. The Kier molecular flexibility index (Phi) is 1.79. The van der Waals surface area contributed by atoms with Crippen molar-refractivity contribution in [3.8, 4) is 0 Å². The highest BCUT2D eigenvalue weighted by atomic mass is 16.1. The molecule has 2 heteroatoms. The Morgan fingerprint density at radius 1 is 1.50 bits per heavy atom. The van der Waals surface area contributed by atoms with Gasteiger partial charge in [0.15, 0.2) is 5.78 Å². The van der Waals surface area contributed by atoms with E-state index in [1.165, 1.54) is 25.7 Å². The molecular formula is C12H19NO. The van der Waals surface area contributed by atoms with E-state index < -0.39 is 0 Å². The first-order chi connectivity index (χ1) is 6.77. The van der Waals surface area contributed by atoms with E-state index in [0.717, 1.165) is 25.4 Å².